The highest BCUT2D eigenvalue weighted by Crippen LogP contribution is 2.31. The van der Waals surface area contributed by atoms with E-state index in [2.05, 4.69) is 16.0 Å². The van der Waals surface area contributed by atoms with Gasteiger partial charge in [-0.2, -0.15) is 0 Å². The molecule has 0 spiro atoms. The van der Waals surface area contributed by atoms with Crippen molar-refractivity contribution in [2.24, 2.45) is 11.5 Å². The van der Waals surface area contributed by atoms with Crippen LogP contribution in [-0.2, 0) is 19.2 Å². The molecule has 11 N–H and O–H groups in total. The summed E-state index contributed by atoms with van der Waals surface area (Å²) in [7, 11) is 0. The largest absolute Gasteiger partial charge is 0.480 e. The molecule has 0 fully saturated rings. The van der Waals surface area contributed by atoms with Crippen LogP contribution in [-0.4, -0.2) is 93.7 Å². The minimum absolute atomic E-state index is 0.0165. The Morgan fingerprint density at radius 2 is 1.84 bits per heavy atom. The molecule has 0 bridgehead atoms. The number of aryl methyl sites for hydroxylation is 1. The van der Waals surface area contributed by atoms with Gasteiger partial charge < -0.3 is 52.1 Å². The number of carboxylic acid groups (broad SMARTS) is 1. The number of amides is 3. The second-order valence-corrected chi connectivity index (χ2v) is 10.5. The monoisotopic (exact) mass is 601 g/mol. The van der Waals surface area contributed by atoms with Crippen LogP contribution in [0.4, 0.5) is 0 Å². The third kappa shape index (κ3) is 8.53. The minimum atomic E-state index is -1.67. The molecule has 1 aromatic carbocycles. The van der Waals surface area contributed by atoms with Gasteiger partial charge in [0.2, 0.25) is 17.7 Å². The lowest BCUT2D eigenvalue weighted by Crippen LogP contribution is -2.54. The standard InChI is InChI=1S/C28H39N7O8/c1-14-17-6-3-4-7-19(17)43-24(14)23(38)22(27(41)42)34-20(37)8-5-10-32-25(39)18(33-26(40)21(29)15(2)36)12-16-9-11-35(13-16)28(30)31/h3-4,6-7,9,15,18,21-23,36,38H,5,8,10-13,29H2,1-2H3,(H3,30,31)(H,32,39)(H,33,40)(H,34,37)(H,41,42). The van der Waals surface area contributed by atoms with E-state index < -0.39 is 54.0 Å². The molecule has 1 aliphatic heterocycles. The van der Waals surface area contributed by atoms with Crippen LogP contribution in [0.1, 0.15) is 43.6 Å². The Balaban J connectivity index is 1.55. The van der Waals surface area contributed by atoms with E-state index in [4.69, 9.17) is 21.3 Å². The fourth-order valence-corrected chi connectivity index (χ4v) is 4.64. The number of furan rings is 1. The van der Waals surface area contributed by atoms with Crippen molar-refractivity contribution in [1.82, 2.24) is 20.9 Å². The predicted octanol–water partition coefficient (Wildman–Crippen LogP) is -1.04. The first-order chi connectivity index (χ1) is 20.3. The number of hydrogen-bond donors (Lipinski definition) is 9. The van der Waals surface area contributed by atoms with Gasteiger partial charge in [0.05, 0.1) is 6.10 Å². The number of nitrogens with one attached hydrogen (secondary N) is 4. The summed E-state index contributed by atoms with van der Waals surface area (Å²) in [5, 5.41) is 45.9. The number of aliphatic hydroxyl groups excluding tert-OH is 2. The normalized spacial score (nSPS) is 16.5. The van der Waals surface area contributed by atoms with Crippen LogP contribution in [0.2, 0.25) is 0 Å². The molecule has 5 unspecified atom stereocenters. The number of carboxylic acids is 1. The summed E-state index contributed by atoms with van der Waals surface area (Å²) in [4.78, 5) is 51.5. The van der Waals surface area contributed by atoms with Crippen LogP contribution in [0.5, 0.6) is 0 Å². The van der Waals surface area contributed by atoms with Gasteiger partial charge in [-0.25, -0.2) is 4.79 Å². The van der Waals surface area contributed by atoms with Crippen LogP contribution in [0.3, 0.4) is 0 Å². The van der Waals surface area contributed by atoms with E-state index in [1.54, 1.807) is 42.2 Å². The summed E-state index contributed by atoms with van der Waals surface area (Å²) in [6.07, 6.45) is -0.933. The summed E-state index contributed by atoms with van der Waals surface area (Å²) in [5.41, 5.74) is 13.0. The highest BCUT2D eigenvalue weighted by Gasteiger charge is 2.33. The van der Waals surface area contributed by atoms with E-state index in [1.807, 2.05) is 0 Å². The van der Waals surface area contributed by atoms with Crippen molar-refractivity contribution in [3.8, 4) is 0 Å². The fraction of sp³-hybridized carbons (Fsp3) is 0.464. The first-order valence-electron chi connectivity index (χ1n) is 13.8. The average molecular weight is 602 g/mol. The number of benzene rings is 1. The minimum Gasteiger partial charge on any atom is -0.480 e. The molecule has 234 valence electrons. The molecule has 0 saturated carbocycles. The third-order valence-corrected chi connectivity index (χ3v) is 7.18. The fourth-order valence-electron chi connectivity index (χ4n) is 4.64. The number of carbonyl (C=O) groups is 4. The lowest BCUT2D eigenvalue weighted by atomic mass is 10.0. The zero-order chi connectivity index (χ0) is 31.8. The van der Waals surface area contributed by atoms with Crippen molar-refractivity contribution < 1.29 is 38.9 Å². The second-order valence-electron chi connectivity index (χ2n) is 10.5. The Kier molecular flexibility index (Phi) is 11.2. The number of hydrogen-bond acceptors (Lipinski definition) is 9. The smallest absolute Gasteiger partial charge is 0.329 e. The molecule has 5 atom stereocenters. The predicted molar refractivity (Wildman–Crippen MR) is 155 cm³/mol. The summed E-state index contributed by atoms with van der Waals surface area (Å²) >= 11 is 0. The first kappa shape index (κ1) is 33.0. The second kappa shape index (κ2) is 14.6. The highest BCUT2D eigenvalue weighted by molar-refractivity contribution is 5.90. The van der Waals surface area contributed by atoms with E-state index in [9.17, 15) is 34.5 Å². The van der Waals surface area contributed by atoms with Gasteiger partial charge in [-0.15, -0.1) is 0 Å². The molecule has 15 heteroatoms. The molecule has 3 rings (SSSR count). The lowest BCUT2D eigenvalue weighted by molar-refractivity contribution is -0.145. The first-order valence-corrected chi connectivity index (χ1v) is 13.8. The highest BCUT2D eigenvalue weighted by atomic mass is 16.4. The van der Waals surface area contributed by atoms with Gasteiger partial charge >= 0.3 is 5.97 Å². The van der Waals surface area contributed by atoms with Gasteiger partial charge in [0.25, 0.3) is 0 Å². The molecule has 1 aliphatic rings. The molecule has 2 aromatic rings. The van der Waals surface area contributed by atoms with E-state index in [0.717, 1.165) is 5.57 Å². The molecule has 2 heterocycles. The molecule has 0 aliphatic carbocycles. The van der Waals surface area contributed by atoms with Crippen LogP contribution in [0.15, 0.2) is 40.3 Å². The molecule has 0 saturated heterocycles. The van der Waals surface area contributed by atoms with Crippen molar-refractivity contribution in [2.45, 2.75) is 63.4 Å². The summed E-state index contributed by atoms with van der Waals surface area (Å²) in [6.45, 7) is 3.74. The number of rotatable bonds is 14. The van der Waals surface area contributed by atoms with Crippen molar-refractivity contribution >= 4 is 40.6 Å². The van der Waals surface area contributed by atoms with Gasteiger partial charge in [-0.3, -0.25) is 19.8 Å². The molecule has 0 radical (unpaired) electrons. The number of guanidine groups is 1. The van der Waals surface area contributed by atoms with Crippen molar-refractivity contribution in [2.75, 3.05) is 19.6 Å². The van der Waals surface area contributed by atoms with Crippen LogP contribution >= 0.6 is 0 Å². The third-order valence-electron chi connectivity index (χ3n) is 7.18. The SMILES string of the molecule is Cc1c(C(O)C(NC(=O)CCCNC(=O)C(CC2=CCN(C(=N)N)C2)NC(=O)C(N)C(C)O)C(=O)O)oc2ccccc12. The Labute approximate surface area is 247 Å². The summed E-state index contributed by atoms with van der Waals surface area (Å²) in [6, 6.07) is 3.00. The van der Waals surface area contributed by atoms with E-state index >= 15 is 0 Å². The van der Waals surface area contributed by atoms with Crippen molar-refractivity contribution in [1.29, 1.82) is 5.41 Å². The zero-order valence-corrected chi connectivity index (χ0v) is 24.0. The number of para-hydroxylation sites is 1. The molecule has 1 aromatic heterocycles. The van der Waals surface area contributed by atoms with Crippen LogP contribution < -0.4 is 27.4 Å². The Bertz CT molecular complexity index is 1390. The topological polar surface area (TPSA) is 257 Å². The number of carbonyl (C=O) groups excluding carboxylic acids is 3. The van der Waals surface area contributed by atoms with Crippen molar-refractivity contribution in [3.63, 3.8) is 0 Å². The number of aliphatic carboxylic acids is 1. The maximum atomic E-state index is 13.0. The van der Waals surface area contributed by atoms with Gasteiger partial charge in [-0.1, -0.05) is 29.8 Å². The zero-order valence-electron chi connectivity index (χ0n) is 24.0. The van der Waals surface area contributed by atoms with Gasteiger partial charge in [0.15, 0.2) is 12.0 Å². The maximum absolute atomic E-state index is 13.0. The number of nitrogens with two attached hydrogens (primary N) is 2. The number of fused-ring (bicyclic) bond motifs is 1. The van der Waals surface area contributed by atoms with E-state index in [-0.39, 0.29) is 37.5 Å². The number of nitrogens with zero attached hydrogens (tertiary/aromatic N) is 1. The Morgan fingerprint density at radius 3 is 2.44 bits per heavy atom. The van der Waals surface area contributed by atoms with Gasteiger partial charge in [-0.05, 0) is 32.8 Å². The van der Waals surface area contributed by atoms with E-state index in [0.29, 0.717) is 29.6 Å². The Hall–Kier alpha value is -4.47. The average Bonchev–Trinajstić information content (AvgIpc) is 3.57. The number of aliphatic hydroxyl groups is 2. The van der Waals surface area contributed by atoms with Gasteiger partial charge in [0, 0.05) is 37.0 Å². The maximum Gasteiger partial charge on any atom is 0.329 e. The van der Waals surface area contributed by atoms with Gasteiger partial charge in [0.1, 0.15) is 29.5 Å². The van der Waals surface area contributed by atoms with Crippen LogP contribution in [0.25, 0.3) is 11.0 Å². The van der Waals surface area contributed by atoms with E-state index in [1.165, 1.54) is 6.92 Å². The van der Waals surface area contributed by atoms with Crippen LogP contribution in [0, 0.1) is 12.3 Å². The quantitative estimate of drug-likeness (QED) is 0.0547. The molecule has 3 amide bonds. The molecular formula is C28H39N7O8. The molecule has 43 heavy (non-hydrogen) atoms. The molecule has 15 nitrogen and oxygen atoms in total. The summed E-state index contributed by atoms with van der Waals surface area (Å²) in [5.74, 6) is -3.50. The van der Waals surface area contributed by atoms with Crippen molar-refractivity contribution in [3.05, 3.63) is 47.2 Å². The lowest BCUT2D eigenvalue weighted by Gasteiger charge is -2.23. The summed E-state index contributed by atoms with van der Waals surface area (Å²) < 4.78 is 5.65. The molecular weight excluding hydrogens is 562 g/mol. The Morgan fingerprint density at radius 1 is 1.14 bits per heavy atom.